The molecule has 13 heteroatoms. The Morgan fingerprint density at radius 2 is 1.68 bits per heavy atom. The van der Waals surface area contributed by atoms with Gasteiger partial charge in [0.25, 0.3) is 11.6 Å². The Morgan fingerprint density at radius 1 is 1.00 bits per heavy atom. The number of amides is 1. The molecule has 1 N–H and O–H groups in total. The normalized spacial score (nSPS) is 10.7. The Morgan fingerprint density at radius 3 is 2.30 bits per heavy atom. The summed E-state index contributed by atoms with van der Waals surface area (Å²) in [5, 5.41) is 14.7. The molecule has 3 aromatic rings. The molecule has 0 unspecified atom stereocenters. The quantitative estimate of drug-likeness (QED) is 0.0900. The SMILES string of the molecule is CCOc1cc(C=NNC(=O)COc2c(Br)cc(Br)cc2Br)ccc1OC(=O)c1ccc([N+](=O)[O-])cc1. The summed E-state index contributed by atoms with van der Waals surface area (Å²) < 4.78 is 18.7. The van der Waals surface area contributed by atoms with E-state index < -0.39 is 16.8 Å². The molecule has 0 heterocycles. The van der Waals surface area contributed by atoms with Gasteiger partial charge in [-0.1, -0.05) is 15.9 Å². The highest BCUT2D eigenvalue weighted by molar-refractivity contribution is 9.11. The first-order valence-electron chi connectivity index (χ1n) is 10.5. The zero-order valence-corrected chi connectivity index (χ0v) is 23.8. The van der Waals surface area contributed by atoms with Crippen LogP contribution in [0.1, 0.15) is 22.8 Å². The molecule has 37 heavy (non-hydrogen) atoms. The maximum atomic E-state index is 12.5. The first-order valence-corrected chi connectivity index (χ1v) is 12.9. The van der Waals surface area contributed by atoms with E-state index in [1.165, 1.54) is 36.5 Å². The lowest BCUT2D eigenvalue weighted by molar-refractivity contribution is -0.384. The van der Waals surface area contributed by atoms with E-state index in [1.807, 2.05) is 0 Å². The number of carbonyl (C=O) groups excluding carboxylic acids is 2. The average Bonchev–Trinajstić information content (AvgIpc) is 2.85. The number of benzene rings is 3. The van der Waals surface area contributed by atoms with Crippen LogP contribution in [-0.4, -0.2) is 36.2 Å². The average molecular weight is 700 g/mol. The molecule has 0 aliphatic heterocycles. The van der Waals surface area contributed by atoms with Crippen molar-refractivity contribution in [2.24, 2.45) is 5.10 Å². The number of hydrogen-bond donors (Lipinski definition) is 1. The smallest absolute Gasteiger partial charge is 0.343 e. The Hall–Kier alpha value is -3.29. The predicted octanol–water partition coefficient (Wildman–Crippen LogP) is 6.03. The Balaban J connectivity index is 1.61. The number of nitrogens with one attached hydrogen (secondary N) is 1. The number of nitrogens with zero attached hydrogens (tertiary/aromatic N) is 2. The lowest BCUT2D eigenvalue weighted by Gasteiger charge is -2.11. The molecule has 10 nitrogen and oxygen atoms in total. The maximum Gasteiger partial charge on any atom is 0.343 e. The Bertz CT molecular complexity index is 1320. The van der Waals surface area contributed by atoms with Gasteiger partial charge in [0, 0.05) is 16.6 Å². The van der Waals surface area contributed by atoms with Gasteiger partial charge in [-0.15, -0.1) is 0 Å². The number of halogens is 3. The van der Waals surface area contributed by atoms with Crippen molar-refractivity contribution in [3.63, 3.8) is 0 Å². The van der Waals surface area contributed by atoms with Crippen molar-refractivity contribution in [1.29, 1.82) is 0 Å². The lowest BCUT2D eigenvalue weighted by Crippen LogP contribution is -2.24. The first kappa shape index (κ1) is 28.3. The summed E-state index contributed by atoms with van der Waals surface area (Å²) >= 11 is 10.1. The van der Waals surface area contributed by atoms with E-state index in [0.29, 0.717) is 26.9 Å². The highest BCUT2D eigenvalue weighted by Crippen LogP contribution is 2.36. The van der Waals surface area contributed by atoms with E-state index >= 15 is 0 Å². The van der Waals surface area contributed by atoms with Gasteiger partial charge in [-0.2, -0.15) is 5.10 Å². The topological polar surface area (TPSA) is 129 Å². The zero-order chi connectivity index (χ0) is 26.9. The summed E-state index contributed by atoms with van der Waals surface area (Å²) in [4.78, 5) is 34.8. The zero-order valence-electron chi connectivity index (χ0n) is 19.1. The fraction of sp³-hybridized carbons (Fsp3) is 0.125. The number of esters is 1. The van der Waals surface area contributed by atoms with Gasteiger partial charge in [0.05, 0.1) is 32.3 Å². The molecular formula is C24H18Br3N3O7. The number of ether oxygens (including phenoxy) is 3. The summed E-state index contributed by atoms with van der Waals surface area (Å²) in [7, 11) is 0. The number of rotatable bonds is 10. The number of hydrogen-bond acceptors (Lipinski definition) is 8. The molecule has 0 atom stereocenters. The van der Waals surface area contributed by atoms with Crippen molar-refractivity contribution in [3.05, 3.63) is 89.3 Å². The number of nitro groups is 1. The van der Waals surface area contributed by atoms with Crippen LogP contribution >= 0.6 is 47.8 Å². The van der Waals surface area contributed by atoms with E-state index in [9.17, 15) is 19.7 Å². The van der Waals surface area contributed by atoms with Gasteiger partial charge in [0.2, 0.25) is 0 Å². The van der Waals surface area contributed by atoms with Gasteiger partial charge >= 0.3 is 5.97 Å². The molecule has 0 bridgehead atoms. The fourth-order valence-corrected chi connectivity index (χ4v) is 5.34. The minimum absolute atomic E-state index is 0.136. The maximum absolute atomic E-state index is 12.5. The predicted molar refractivity (Wildman–Crippen MR) is 146 cm³/mol. The molecule has 1 amide bonds. The van der Waals surface area contributed by atoms with Crippen molar-refractivity contribution in [2.45, 2.75) is 6.92 Å². The second kappa shape index (κ2) is 13.3. The molecule has 0 aromatic heterocycles. The molecule has 0 fully saturated rings. The minimum Gasteiger partial charge on any atom is -0.490 e. The van der Waals surface area contributed by atoms with Gasteiger partial charge in [0.15, 0.2) is 18.1 Å². The molecule has 0 radical (unpaired) electrons. The minimum atomic E-state index is -0.700. The Kier molecular flexibility index (Phi) is 10.2. The molecule has 0 spiro atoms. The highest BCUT2D eigenvalue weighted by Gasteiger charge is 2.15. The number of nitro benzene ring substituents is 1. The van der Waals surface area contributed by atoms with Gasteiger partial charge in [-0.05, 0) is 86.8 Å². The molecule has 192 valence electrons. The summed E-state index contributed by atoms with van der Waals surface area (Å²) in [6.07, 6.45) is 1.40. The fourth-order valence-electron chi connectivity index (χ4n) is 2.85. The summed E-state index contributed by atoms with van der Waals surface area (Å²) in [5.41, 5.74) is 2.95. The number of carbonyl (C=O) groups is 2. The molecule has 3 rings (SSSR count). The first-order chi connectivity index (χ1) is 17.7. The summed E-state index contributed by atoms with van der Waals surface area (Å²) in [6.45, 7) is 1.81. The van der Waals surface area contributed by atoms with Crippen LogP contribution in [-0.2, 0) is 4.79 Å². The third kappa shape index (κ3) is 8.10. The van der Waals surface area contributed by atoms with Crippen LogP contribution < -0.4 is 19.6 Å². The highest BCUT2D eigenvalue weighted by atomic mass is 79.9. The van der Waals surface area contributed by atoms with Crippen molar-refractivity contribution >= 4 is 71.6 Å². The summed E-state index contributed by atoms with van der Waals surface area (Å²) in [5.74, 6) is -0.264. The van der Waals surface area contributed by atoms with E-state index in [2.05, 4.69) is 58.3 Å². The van der Waals surface area contributed by atoms with E-state index in [4.69, 9.17) is 14.2 Å². The van der Waals surface area contributed by atoms with E-state index in [1.54, 1.807) is 31.2 Å². The van der Waals surface area contributed by atoms with Crippen molar-refractivity contribution in [2.75, 3.05) is 13.2 Å². The Labute approximate surface area is 236 Å². The van der Waals surface area contributed by atoms with Crippen LogP contribution in [0.15, 0.2) is 73.1 Å². The largest absolute Gasteiger partial charge is 0.490 e. The standard InChI is InChI=1S/C24H18Br3N3O7/c1-2-35-21-9-14(3-8-20(21)37-24(32)15-4-6-17(7-5-15)30(33)34)12-28-29-22(31)13-36-23-18(26)10-16(25)11-19(23)27/h3-12H,2,13H2,1H3,(H,29,31). The molecule has 0 saturated carbocycles. The molecule has 0 aliphatic rings. The molecule has 3 aromatic carbocycles. The van der Waals surface area contributed by atoms with Gasteiger partial charge in [-0.25, -0.2) is 10.2 Å². The van der Waals surface area contributed by atoms with E-state index in [-0.39, 0.29) is 29.4 Å². The van der Waals surface area contributed by atoms with Crippen LogP contribution in [0.4, 0.5) is 5.69 Å². The number of hydrazone groups is 1. The van der Waals surface area contributed by atoms with Gasteiger partial charge in [-0.3, -0.25) is 14.9 Å². The van der Waals surface area contributed by atoms with Crippen LogP contribution in [0.5, 0.6) is 17.2 Å². The van der Waals surface area contributed by atoms with Crippen LogP contribution in [0, 0.1) is 10.1 Å². The second-order valence-corrected chi connectivity index (χ2v) is 9.74. The molecule has 0 saturated heterocycles. The van der Waals surface area contributed by atoms with Crippen molar-refractivity contribution < 1.29 is 28.7 Å². The third-order valence-corrected chi connectivity index (χ3v) is 6.13. The third-order valence-electron chi connectivity index (χ3n) is 4.50. The molecule has 0 aliphatic carbocycles. The van der Waals surface area contributed by atoms with Crippen molar-refractivity contribution in [3.8, 4) is 17.2 Å². The monoisotopic (exact) mass is 697 g/mol. The van der Waals surface area contributed by atoms with Gasteiger partial charge in [0.1, 0.15) is 5.75 Å². The van der Waals surface area contributed by atoms with Crippen LogP contribution in [0.3, 0.4) is 0 Å². The van der Waals surface area contributed by atoms with E-state index in [0.717, 1.165) is 4.47 Å². The molecular weight excluding hydrogens is 682 g/mol. The van der Waals surface area contributed by atoms with Gasteiger partial charge < -0.3 is 14.2 Å². The lowest BCUT2D eigenvalue weighted by atomic mass is 10.2. The van der Waals surface area contributed by atoms with Crippen molar-refractivity contribution in [1.82, 2.24) is 5.43 Å². The van der Waals surface area contributed by atoms with Crippen LogP contribution in [0.25, 0.3) is 0 Å². The second-order valence-electron chi connectivity index (χ2n) is 7.11. The van der Waals surface area contributed by atoms with Crippen LogP contribution in [0.2, 0.25) is 0 Å². The number of non-ortho nitro benzene ring substituents is 1. The summed E-state index contributed by atoms with van der Waals surface area (Å²) in [6, 6.07) is 13.4.